The zero-order chi connectivity index (χ0) is 25.0. The zero-order valence-corrected chi connectivity index (χ0v) is 25.5. The number of aromatic nitrogens is 2. The predicted octanol–water partition coefficient (Wildman–Crippen LogP) is -3.14. The van der Waals surface area contributed by atoms with Crippen molar-refractivity contribution in [3.8, 4) is 5.75 Å². The number of hydrogen-bond donors (Lipinski definition) is 2. The molecular weight excluding hydrogens is 579 g/mol. The average Bonchev–Trinajstić information content (AvgIpc) is 2.72. The number of amides is 1. The first kappa shape index (κ1) is 31.1. The molecule has 0 radical (unpaired) electrons. The molecular formula is C19H9Cl2N3Na2O8S2. The Morgan fingerprint density at radius 1 is 0.833 bits per heavy atom. The summed E-state index contributed by atoms with van der Waals surface area (Å²) in [5.41, 5.74) is 0.238. The maximum absolute atomic E-state index is 12.9. The Bertz CT molecular complexity index is 1750. The Labute approximate surface area is 258 Å². The van der Waals surface area contributed by atoms with Crippen LogP contribution in [0.1, 0.15) is 10.4 Å². The molecule has 11 nitrogen and oxygen atoms in total. The second-order valence-electron chi connectivity index (χ2n) is 6.88. The van der Waals surface area contributed by atoms with Gasteiger partial charge in [-0.05, 0) is 47.9 Å². The van der Waals surface area contributed by atoms with Crippen LogP contribution in [-0.2, 0) is 20.2 Å². The standard InChI is InChI=1S/C19H11Cl2N3O8S2.2Na/c20-17-18(21)23-13-5-8(1-2-12(13)22-17)19(26)24-14-6-10(33(27,28)29)3-9-4-11(34(30,31)32)7-15(25)16(9)14;;/h1-7,25H,(H,24,26)(H,27,28,29)(H,30,31,32);;/q;2*+1/p-2. The van der Waals surface area contributed by atoms with Crippen molar-refractivity contribution in [3.63, 3.8) is 0 Å². The van der Waals surface area contributed by atoms with E-state index in [1.54, 1.807) is 0 Å². The zero-order valence-electron chi connectivity index (χ0n) is 18.3. The maximum atomic E-state index is 12.9. The summed E-state index contributed by atoms with van der Waals surface area (Å²) in [6, 6.07) is 7.10. The van der Waals surface area contributed by atoms with Gasteiger partial charge in [0.2, 0.25) is 0 Å². The molecule has 176 valence electrons. The van der Waals surface area contributed by atoms with Crippen LogP contribution in [0.2, 0.25) is 10.3 Å². The third-order valence-corrected chi connectivity index (χ3v) is 6.90. The van der Waals surface area contributed by atoms with Crippen LogP contribution >= 0.6 is 23.2 Å². The normalized spacial score (nSPS) is 11.6. The topological polar surface area (TPSA) is 190 Å². The number of carbonyl (C=O) groups excluding carboxylic acids is 1. The van der Waals surface area contributed by atoms with Crippen molar-refractivity contribution in [3.05, 3.63) is 58.3 Å². The van der Waals surface area contributed by atoms with E-state index in [0.717, 1.165) is 18.2 Å². The summed E-state index contributed by atoms with van der Waals surface area (Å²) in [5.74, 6) is -1.56. The van der Waals surface area contributed by atoms with Gasteiger partial charge in [0, 0.05) is 10.9 Å². The number of phenolic OH excluding ortho intramolecular Hbond substituents is 1. The number of aromatic hydroxyl groups is 1. The fourth-order valence-electron chi connectivity index (χ4n) is 3.17. The molecule has 1 heterocycles. The summed E-state index contributed by atoms with van der Waals surface area (Å²) in [5, 5.41) is 12.1. The van der Waals surface area contributed by atoms with E-state index in [2.05, 4.69) is 15.3 Å². The van der Waals surface area contributed by atoms with Crippen molar-refractivity contribution in [1.82, 2.24) is 9.97 Å². The average molecular weight is 588 g/mol. The minimum Gasteiger partial charge on any atom is -0.744 e. The van der Waals surface area contributed by atoms with Gasteiger partial charge in [-0.1, -0.05) is 23.2 Å². The second kappa shape index (κ2) is 11.4. The Morgan fingerprint density at radius 3 is 1.92 bits per heavy atom. The third-order valence-electron chi connectivity index (χ3n) is 4.65. The van der Waals surface area contributed by atoms with E-state index in [-0.39, 0.29) is 97.0 Å². The van der Waals surface area contributed by atoms with E-state index < -0.39 is 41.7 Å². The number of halogens is 2. The number of hydrogen-bond acceptors (Lipinski definition) is 10. The molecule has 0 spiro atoms. The molecule has 0 aliphatic carbocycles. The van der Waals surface area contributed by atoms with Gasteiger partial charge in [-0.15, -0.1) is 0 Å². The van der Waals surface area contributed by atoms with Gasteiger partial charge < -0.3 is 19.5 Å². The van der Waals surface area contributed by atoms with Gasteiger partial charge in [0.05, 0.1) is 26.5 Å². The number of rotatable bonds is 4. The van der Waals surface area contributed by atoms with Crippen LogP contribution in [0, 0.1) is 0 Å². The van der Waals surface area contributed by atoms with Crippen LogP contribution in [0.25, 0.3) is 21.8 Å². The summed E-state index contributed by atoms with van der Waals surface area (Å²) in [7, 11) is -10.1. The van der Waals surface area contributed by atoms with E-state index in [0.29, 0.717) is 11.6 Å². The molecule has 0 unspecified atom stereocenters. The summed E-state index contributed by atoms with van der Waals surface area (Å²) < 4.78 is 68.9. The molecule has 2 N–H and O–H groups in total. The number of fused-ring (bicyclic) bond motifs is 2. The van der Waals surface area contributed by atoms with Gasteiger partial charge >= 0.3 is 59.1 Å². The van der Waals surface area contributed by atoms with Gasteiger partial charge in [0.15, 0.2) is 10.3 Å². The third kappa shape index (κ3) is 6.49. The van der Waals surface area contributed by atoms with Gasteiger partial charge in [-0.3, -0.25) is 4.79 Å². The van der Waals surface area contributed by atoms with Crippen molar-refractivity contribution in [2.75, 3.05) is 5.32 Å². The fourth-order valence-corrected chi connectivity index (χ4v) is 4.50. The first-order valence-electron chi connectivity index (χ1n) is 8.91. The number of nitrogens with zero attached hydrogens (tertiary/aromatic N) is 2. The monoisotopic (exact) mass is 587 g/mol. The number of phenols is 1. The van der Waals surface area contributed by atoms with Crippen LogP contribution in [0.3, 0.4) is 0 Å². The van der Waals surface area contributed by atoms with E-state index in [4.69, 9.17) is 23.2 Å². The molecule has 0 atom stereocenters. The Hall–Kier alpha value is -1.07. The Morgan fingerprint density at radius 2 is 1.36 bits per heavy atom. The van der Waals surface area contributed by atoms with Crippen LogP contribution in [0.4, 0.5) is 5.69 Å². The Balaban J connectivity index is 0.00000228. The summed E-state index contributed by atoms with van der Waals surface area (Å²) >= 11 is 11.7. The molecule has 4 aromatic rings. The minimum atomic E-state index is -5.07. The predicted molar refractivity (Wildman–Crippen MR) is 119 cm³/mol. The molecule has 0 fully saturated rings. The van der Waals surface area contributed by atoms with E-state index in [1.165, 1.54) is 18.2 Å². The molecule has 0 saturated heterocycles. The molecule has 0 saturated carbocycles. The molecule has 36 heavy (non-hydrogen) atoms. The molecule has 3 aromatic carbocycles. The summed E-state index contributed by atoms with van der Waals surface area (Å²) in [4.78, 5) is 19.2. The number of benzene rings is 3. The molecule has 1 aromatic heterocycles. The van der Waals surface area contributed by atoms with Crippen LogP contribution in [0.15, 0.2) is 52.3 Å². The van der Waals surface area contributed by atoms with E-state index in [1.807, 2.05) is 0 Å². The fraction of sp³-hybridized carbons (Fsp3) is 0. The van der Waals surface area contributed by atoms with Crippen molar-refractivity contribution in [1.29, 1.82) is 0 Å². The van der Waals surface area contributed by atoms with Gasteiger partial charge in [-0.2, -0.15) is 0 Å². The van der Waals surface area contributed by atoms with Crippen LogP contribution in [-0.4, -0.2) is 46.9 Å². The SMILES string of the molecule is O=C(Nc1cc(S(=O)(=O)[O-])cc2cc(S(=O)(=O)[O-])cc(O)c12)c1ccc2nc(Cl)c(Cl)nc2c1.[Na+].[Na+]. The first-order chi connectivity index (χ1) is 15.7. The molecule has 0 aliphatic heterocycles. The molecule has 17 heteroatoms. The van der Waals surface area contributed by atoms with E-state index >= 15 is 0 Å². The minimum absolute atomic E-state index is 0. The van der Waals surface area contributed by atoms with Gasteiger partial charge in [0.25, 0.3) is 5.91 Å². The molecule has 0 aliphatic rings. The molecule has 0 bridgehead atoms. The maximum Gasteiger partial charge on any atom is 1.00 e. The Kier molecular flexibility index (Phi) is 9.82. The number of nitrogens with one attached hydrogen (secondary N) is 1. The summed E-state index contributed by atoms with van der Waals surface area (Å²) in [6.07, 6.45) is 0. The smallest absolute Gasteiger partial charge is 0.744 e. The van der Waals surface area contributed by atoms with Crippen molar-refractivity contribution < 1.29 is 95.0 Å². The van der Waals surface area contributed by atoms with Crippen molar-refractivity contribution >= 4 is 76.8 Å². The van der Waals surface area contributed by atoms with Gasteiger partial charge in [0.1, 0.15) is 26.0 Å². The van der Waals surface area contributed by atoms with Crippen molar-refractivity contribution in [2.24, 2.45) is 0 Å². The number of anilines is 1. The first-order valence-corrected chi connectivity index (χ1v) is 12.5. The molecule has 1 amide bonds. The largest absolute Gasteiger partial charge is 1.00 e. The van der Waals surface area contributed by atoms with Crippen LogP contribution in [0.5, 0.6) is 5.75 Å². The van der Waals surface area contributed by atoms with Crippen LogP contribution < -0.4 is 64.4 Å². The van der Waals surface area contributed by atoms with Crippen molar-refractivity contribution in [2.45, 2.75) is 9.79 Å². The summed E-state index contributed by atoms with van der Waals surface area (Å²) in [6.45, 7) is 0. The second-order valence-corrected chi connectivity index (χ2v) is 10.4. The number of carbonyl (C=O) groups is 1. The van der Waals surface area contributed by atoms with Gasteiger partial charge in [-0.25, -0.2) is 26.8 Å². The molecule has 4 rings (SSSR count). The van der Waals surface area contributed by atoms with E-state index in [9.17, 15) is 35.8 Å². The quantitative estimate of drug-likeness (QED) is 0.182.